The number of rotatable bonds is 11. The van der Waals surface area contributed by atoms with Crippen LogP contribution in [0.2, 0.25) is 0 Å². The smallest absolute Gasteiger partial charge is 0.0615 e. The van der Waals surface area contributed by atoms with Gasteiger partial charge in [-0.1, -0.05) is 6.92 Å². The Morgan fingerprint density at radius 1 is 1.06 bits per heavy atom. The quantitative estimate of drug-likeness (QED) is 0.613. The molecule has 0 saturated heterocycles. The van der Waals surface area contributed by atoms with Gasteiger partial charge in [0.25, 0.3) is 0 Å². The Labute approximate surface area is 113 Å². The number of methoxy groups -OCH3 is 2. The molecule has 0 rings (SSSR count). The van der Waals surface area contributed by atoms with Gasteiger partial charge in [0.2, 0.25) is 0 Å². The van der Waals surface area contributed by atoms with Gasteiger partial charge >= 0.3 is 0 Å². The molecule has 0 aromatic rings. The second kappa shape index (κ2) is 10.7. The number of hydrogen-bond acceptors (Lipinski definition) is 4. The van der Waals surface area contributed by atoms with Crippen molar-refractivity contribution >= 4 is 0 Å². The number of nitrogens with zero attached hydrogens (tertiary/aromatic N) is 1. The Balaban J connectivity index is 4.24. The topological polar surface area (TPSA) is 33.7 Å². The van der Waals surface area contributed by atoms with Crippen molar-refractivity contribution in [3.8, 4) is 0 Å². The van der Waals surface area contributed by atoms with E-state index in [0.29, 0.717) is 18.1 Å². The third-order valence-corrected chi connectivity index (χ3v) is 3.47. The molecule has 0 aromatic carbocycles. The molecule has 110 valence electrons. The van der Waals surface area contributed by atoms with E-state index in [0.717, 1.165) is 26.3 Å². The van der Waals surface area contributed by atoms with Gasteiger partial charge in [0.05, 0.1) is 13.2 Å². The van der Waals surface area contributed by atoms with E-state index in [9.17, 15) is 0 Å². The summed E-state index contributed by atoms with van der Waals surface area (Å²) in [6.45, 7) is 12.4. The molecule has 0 amide bonds. The summed E-state index contributed by atoms with van der Waals surface area (Å²) in [6.07, 6.45) is 1.17. The van der Waals surface area contributed by atoms with Crippen LogP contribution in [0.4, 0.5) is 0 Å². The SMILES string of the molecule is CCC(C)NCC(C)N(CCOC)C(C)COC. The van der Waals surface area contributed by atoms with Crippen LogP contribution < -0.4 is 5.32 Å². The average molecular weight is 260 g/mol. The van der Waals surface area contributed by atoms with Gasteiger partial charge in [-0.25, -0.2) is 0 Å². The summed E-state index contributed by atoms with van der Waals surface area (Å²) in [7, 11) is 3.51. The molecule has 0 saturated carbocycles. The minimum Gasteiger partial charge on any atom is -0.383 e. The van der Waals surface area contributed by atoms with E-state index in [1.165, 1.54) is 6.42 Å². The molecular formula is C14H32N2O2. The fourth-order valence-corrected chi connectivity index (χ4v) is 2.04. The van der Waals surface area contributed by atoms with E-state index in [1.807, 2.05) is 0 Å². The highest BCUT2D eigenvalue weighted by molar-refractivity contribution is 4.76. The first kappa shape index (κ1) is 17.8. The maximum Gasteiger partial charge on any atom is 0.0615 e. The van der Waals surface area contributed by atoms with Crippen molar-refractivity contribution in [3.63, 3.8) is 0 Å². The van der Waals surface area contributed by atoms with Gasteiger partial charge in [-0.2, -0.15) is 0 Å². The molecule has 3 atom stereocenters. The van der Waals surface area contributed by atoms with Gasteiger partial charge in [-0.15, -0.1) is 0 Å². The Morgan fingerprint density at radius 2 is 1.72 bits per heavy atom. The summed E-state index contributed by atoms with van der Waals surface area (Å²) < 4.78 is 10.5. The van der Waals surface area contributed by atoms with Crippen LogP contribution in [0.5, 0.6) is 0 Å². The highest BCUT2D eigenvalue weighted by Gasteiger charge is 2.19. The van der Waals surface area contributed by atoms with Crippen LogP contribution in [0.1, 0.15) is 34.1 Å². The van der Waals surface area contributed by atoms with Crippen molar-refractivity contribution in [2.24, 2.45) is 0 Å². The molecule has 0 bridgehead atoms. The molecule has 1 N–H and O–H groups in total. The van der Waals surface area contributed by atoms with Crippen LogP contribution in [0.3, 0.4) is 0 Å². The molecule has 18 heavy (non-hydrogen) atoms. The largest absolute Gasteiger partial charge is 0.383 e. The standard InChI is InChI=1S/C14H32N2O2/c1-7-12(2)15-10-13(3)16(8-9-17-5)14(4)11-18-6/h12-15H,7-11H2,1-6H3. The summed E-state index contributed by atoms with van der Waals surface area (Å²) in [4.78, 5) is 2.45. The molecule has 3 unspecified atom stereocenters. The first-order chi connectivity index (χ1) is 8.56. The van der Waals surface area contributed by atoms with Crippen molar-refractivity contribution in [2.75, 3.05) is 40.5 Å². The van der Waals surface area contributed by atoms with E-state index >= 15 is 0 Å². The van der Waals surface area contributed by atoms with Crippen LogP contribution in [-0.2, 0) is 9.47 Å². The molecule has 0 aromatic heterocycles. The van der Waals surface area contributed by atoms with Crippen LogP contribution in [0.25, 0.3) is 0 Å². The molecule has 0 radical (unpaired) electrons. The van der Waals surface area contributed by atoms with E-state index in [4.69, 9.17) is 9.47 Å². The highest BCUT2D eigenvalue weighted by atomic mass is 16.5. The van der Waals surface area contributed by atoms with E-state index in [1.54, 1.807) is 14.2 Å². The van der Waals surface area contributed by atoms with Gasteiger partial charge in [-0.3, -0.25) is 4.90 Å². The summed E-state index contributed by atoms with van der Waals surface area (Å²) in [6, 6.07) is 1.48. The average Bonchev–Trinajstić information content (AvgIpc) is 2.36. The number of nitrogens with one attached hydrogen (secondary N) is 1. The Bertz CT molecular complexity index is 191. The third-order valence-electron chi connectivity index (χ3n) is 3.47. The maximum atomic E-state index is 5.26. The van der Waals surface area contributed by atoms with Crippen molar-refractivity contribution in [3.05, 3.63) is 0 Å². The first-order valence-corrected chi connectivity index (χ1v) is 7.03. The summed E-state index contributed by atoms with van der Waals surface area (Å²) in [5.74, 6) is 0. The lowest BCUT2D eigenvalue weighted by Crippen LogP contribution is -2.49. The first-order valence-electron chi connectivity index (χ1n) is 7.03. The van der Waals surface area contributed by atoms with E-state index in [-0.39, 0.29) is 0 Å². The molecule has 0 spiro atoms. The molecule has 0 aliphatic heterocycles. The van der Waals surface area contributed by atoms with E-state index < -0.39 is 0 Å². The van der Waals surface area contributed by atoms with Gasteiger partial charge in [0, 0.05) is 45.4 Å². The Hall–Kier alpha value is -0.160. The second-order valence-electron chi connectivity index (χ2n) is 5.10. The number of hydrogen-bond donors (Lipinski definition) is 1. The van der Waals surface area contributed by atoms with Crippen LogP contribution in [0.15, 0.2) is 0 Å². The van der Waals surface area contributed by atoms with Gasteiger partial charge in [-0.05, 0) is 27.2 Å². The summed E-state index contributed by atoms with van der Waals surface area (Å²) >= 11 is 0. The van der Waals surface area contributed by atoms with Crippen molar-refractivity contribution in [1.29, 1.82) is 0 Å². The van der Waals surface area contributed by atoms with Crippen LogP contribution in [0, 0.1) is 0 Å². The van der Waals surface area contributed by atoms with Crippen LogP contribution in [-0.4, -0.2) is 63.5 Å². The highest BCUT2D eigenvalue weighted by Crippen LogP contribution is 2.06. The van der Waals surface area contributed by atoms with Gasteiger partial charge in [0.15, 0.2) is 0 Å². The predicted octanol–water partition coefficient (Wildman–Crippen LogP) is 1.75. The molecule has 0 fully saturated rings. The van der Waals surface area contributed by atoms with Crippen molar-refractivity contribution < 1.29 is 9.47 Å². The fraction of sp³-hybridized carbons (Fsp3) is 1.00. The van der Waals surface area contributed by atoms with Crippen LogP contribution >= 0.6 is 0 Å². The lowest BCUT2D eigenvalue weighted by molar-refractivity contribution is 0.0511. The summed E-state index contributed by atoms with van der Waals surface area (Å²) in [5, 5.41) is 3.56. The molecular weight excluding hydrogens is 228 g/mol. The Kier molecular flexibility index (Phi) is 10.6. The predicted molar refractivity (Wildman–Crippen MR) is 77.1 cm³/mol. The lowest BCUT2D eigenvalue weighted by Gasteiger charge is -2.34. The molecule has 4 nitrogen and oxygen atoms in total. The van der Waals surface area contributed by atoms with E-state index in [2.05, 4.69) is 37.9 Å². The normalized spacial score (nSPS) is 16.8. The minimum atomic E-state index is 0.416. The second-order valence-corrected chi connectivity index (χ2v) is 5.10. The lowest BCUT2D eigenvalue weighted by atomic mass is 10.2. The van der Waals surface area contributed by atoms with Crippen molar-refractivity contribution in [2.45, 2.75) is 52.2 Å². The fourth-order valence-electron chi connectivity index (χ4n) is 2.04. The zero-order valence-electron chi connectivity index (χ0n) is 13.0. The molecule has 4 heteroatoms. The van der Waals surface area contributed by atoms with Gasteiger partial charge in [0.1, 0.15) is 0 Å². The van der Waals surface area contributed by atoms with Gasteiger partial charge < -0.3 is 14.8 Å². The molecule has 0 aliphatic carbocycles. The number of ether oxygens (including phenoxy) is 2. The molecule has 0 aliphatic rings. The maximum absolute atomic E-state index is 5.26. The zero-order chi connectivity index (χ0) is 14.0. The summed E-state index contributed by atoms with van der Waals surface area (Å²) in [5.41, 5.74) is 0. The Morgan fingerprint density at radius 3 is 2.22 bits per heavy atom. The minimum absolute atomic E-state index is 0.416. The molecule has 0 heterocycles. The zero-order valence-corrected chi connectivity index (χ0v) is 13.0. The van der Waals surface area contributed by atoms with Crippen molar-refractivity contribution in [1.82, 2.24) is 10.2 Å². The monoisotopic (exact) mass is 260 g/mol. The third kappa shape index (κ3) is 7.31.